The SMILES string of the molecule is Cc1c(-c2ccccc2O)cc(-c2c3ccccc3c(-c3cc4ccccc4c4ccccc34)c3ccccc23)c2oc3ccccc3c12. The second kappa shape index (κ2) is 10.6. The van der Waals surface area contributed by atoms with Crippen molar-refractivity contribution in [2.24, 2.45) is 0 Å². The first kappa shape index (κ1) is 27.7. The maximum atomic E-state index is 11.1. The van der Waals surface area contributed by atoms with Gasteiger partial charge in [0.15, 0.2) is 0 Å². The summed E-state index contributed by atoms with van der Waals surface area (Å²) in [7, 11) is 0. The number of rotatable bonds is 3. The van der Waals surface area contributed by atoms with Crippen molar-refractivity contribution in [3.05, 3.63) is 163 Å². The summed E-state index contributed by atoms with van der Waals surface area (Å²) < 4.78 is 6.80. The van der Waals surface area contributed by atoms with Crippen molar-refractivity contribution in [2.75, 3.05) is 0 Å². The molecule has 2 nitrogen and oxygen atoms in total. The van der Waals surface area contributed by atoms with Crippen LogP contribution in [0.2, 0.25) is 0 Å². The molecule has 0 aliphatic rings. The van der Waals surface area contributed by atoms with Crippen LogP contribution < -0.4 is 0 Å². The van der Waals surface area contributed by atoms with E-state index in [4.69, 9.17) is 4.42 Å². The highest BCUT2D eigenvalue weighted by Gasteiger charge is 2.24. The molecule has 0 radical (unpaired) electrons. The van der Waals surface area contributed by atoms with Gasteiger partial charge in [-0.3, -0.25) is 0 Å². The predicted octanol–water partition coefficient (Wildman–Crippen LogP) is 13.2. The van der Waals surface area contributed by atoms with Crippen LogP contribution in [0.4, 0.5) is 0 Å². The molecule has 0 fully saturated rings. The number of para-hydroxylation sites is 2. The maximum absolute atomic E-state index is 11.1. The van der Waals surface area contributed by atoms with Gasteiger partial charge in [-0.25, -0.2) is 0 Å². The lowest BCUT2D eigenvalue weighted by Gasteiger charge is -2.20. The first-order chi connectivity index (χ1) is 24.2. The zero-order chi connectivity index (χ0) is 32.6. The summed E-state index contributed by atoms with van der Waals surface area (Å²) in [5, 5.41) is 22.9. The molecule has 0 saturated carbocycles. The lowest BCUT2D eigenvalue weighted by Crippen LogP contribution is -1.94. The summed E-state index contributed by atoms with van der Waals surface area (Å²) in [6.07, 6.45) is 0. The molecule has 0 unspecified atom stereocenters. The summed E-state index contributed by atoms with van der Waals surface area (Å²) in [5.41, 5.74) is 9.18. The molecule has 1 aromatic heterocycles. The molecule has 0 amide bonds. The molecule has 0 spiro atoms. The Kier molecular flexibility index (Phi) is 5.97. The van der Waals surface area contributed by atoms with Gasteiger partial charge in [0.2, 0.25) is 0 Å². The van der Waals surface area contributed by atoms with Crippen molar-refractivity contribution in [2.45, 2.75) is 6.92 Å². The van der Waals surface area contributed by atoms with Gasteiger partial charge in [-0.1, -0.05) is 133 Å². The van der Waals surface area contributed by atoms with E-state index < -0.39 is 0 Å². The highest BCUT2D eigenvalue weighted by Crippen LogP contribution is 2.50. The Balaban J connectivity index is 1.40. The number of benzene rings is 9. The van der Waals surface area contributed by atoms with Crippen LogP contribution in [0, 0.1) is 6.92 Å². The normalized spacial score (nSPS) is 11.9. The second-order valence-corrected chi connectivity index (χ2v) is 12.9. The first-order valence-corrected chi connectivity index (χ1v) is 16.8. The summed E-state index contributed by atoms with van der Waals surface area (Å²) in [6, 6.07) is 55.5. The average molecular weight is 627 g/mol. The lowest BCUT2D eigenvalue weighted by atomic mass is 9.82. The highest BCUT2D eigenvalue weighted by molar-refractivity contribution is 6.28. The third kappa shape index (κ3) is 4.01. The topological polar surface area (TPSA) is 33.4 Å². The Bertz CT molecular complexity index is 2910. The highest BCUT2D eigenvalue weighted by atomic mass is 16.3. The minimum atomic E-state index is 0.261. The van der Waals surface area contributed by atoms with Crippen molar-refractivity contribution in [1.29, 1.82) is 0 Å². The Hall–Kier alpha value is -6.38. The van der Waals surface area contributed by atoms with Crippen LogP contribution in [0.15, 0.2) is 162 Å². The minimum Gasteiger partial charge on any atom is -0.507 e. The van der Waals surface area contributed by atoms with Crippen LogP contribution in [-0.4, -0.2) is 5.11 Å². The second-order valence-electron chi connectivity index (χ2n) is 12.9. The fraction of sp³-hybridized carbons (Fsp3) is 0.0213. The molecule has 0 aliphatic carbocycles. The molecular weight excluding hydrogens is 597 g/mol. The van der Waals surface area contributed by atoms with Crippen molar-refractivity contribution in [1.82, 2.24) is 0 Å². The van der Waals surface area contributed by atoms with Gasteiger partial charge < -0.3 is 9.52 Å². The number of furan rings is 1. The molecule has 1 heterocycles. The number of phenolic OH excluding ortho intramolecular Hbond substituents is 1. The fourth-order valence-electron chi connectivity index (χ4n) is 8.20. The maximum Gasteiger partial charge on any atom is 0.143 e. The van der Waals surface area contributed by atoms with E-state index in [1.807, 2.05) is 30.3 Å². The van der Waals surface area contributed by atoms with Crippen LogP contribution in [-0.2, 0) is 0 Å². The summed E-state index contributed by atoms with van der Waals surface area (Å²) in [5.74, 6) is 0.261. The van der Waals surface area contributed by atoms with E-state index in [0.717, 1.165) is 60.5 Å². The lowest BCUT2D eigenvalue weighted by molar-refractivity contribution is 0.477. The molecular formula is C47H30O2. The van der Waals surface area contributed by atoms with Gasteiger partial charge in [-0.05, 0) is 96.5 Å². The van der Waals surface area contributed by atoms with Crippen LogP contribution in [0.3, 0.4) is 0 Å². The fourth-order valence-corrected chi connectivity index (χ4v) is 8.20. The molecule has 1 N–H and O–H groups in total. The van der Waals surface area contributed by atoms with E-state index in [-0.39, 0.29) is 5.75 Å². The monoisotopic (exact) mass is 626 g/mol. The molecule has 0 atom stereocenters. The van der Waals surface area contributed by atoms with Gasteiger partial charge in [-0.2, -0.15) is 0 Å². The Morgan fingerprint density at radius 3 is 1.59 bits per heavy atom. The first-order valence-electron chi connectivity index (χ1n) is 16.8. The van der Waals surface area contributed by atoms with Crippen molar-refractivity contribution >= 4 is 65.0 Å². The van der Waals surface area contributed by atoms with Crippen molar-refractivity contribution in [3.63, 3.8) is 0 Å². The van der Waals surface area contributed by atoms with Gasteiger partial charge in [0.1, 0.15) is 16.9 Å². The smallest absolute Gasteiger partial charge is 0.143 e. The quantitative estimate of drug-likeness (QED) is 0.156. The molecule has 2 heteroatoms. The molecule has 0 saturated heterocycles. The van der Waals surface area contributed by atoms with Gasteiger partial charge in [0.05, 0.1) is 0 Å². The number of fused-ring (bicyclic) bond motifs is 8. The zero-order valence-corrected chi connectivity index (χ0v) is 26.9. The van der Waals surface area contributed by atoms with Crippen LogP contribution in [0.1, 0.15) is 5.56 Å². The Morgan fingerprint density at radius 2 is 0.918 bits per heavy atom. The van der Waals surface area contributed by atoms with Gasteiger partial charge in [0, 0.05) is 27.5 Å². The number of phenols is 1. The molecule has 230 valence electrons. The molecule has 9 aromatic carbocycles. The van der Waals surface area contributed by atoms with Crippen LogP contribution in [0.5, 0.6) is 5.75 Å². The van der Waals surface area contributed by atoms with Gasteiger partial charge >= 0.3 is 0 Å². The van der Waals surface area contributed by atoms with Crippen molar-refractivity contribution in [3.8, 4) is 39.1 Å². The van der Waals surface area contributed by atoms with E-state index in [9.17, 15) is 5.11 Å². The molecule has 0 aliphatic heterocycles. The van der Waals surface area contributed by atoms with Gasteiger partial charge in [0.25, 0.3) is 0 Å². The van der Waals surface area contributed by atoms with E-state index in [1.165, 1.54) is 43.4 Å². The van der Waals surface area contributed by atoms with Crippen LogP contribution in [0.25, 0.3) is 98.4 Å². The summed E-state index contributed by atoms with van der Waals surface area (Å²) >= 11 is 0. The number of aromatic hydroxyl groups is 1. The third-order valence-corrected chi connectivity index (χ3v) is 10.3. The average Bonchev–Trinajstić information content (AvgIpc) is 3.55. The largest absolute Gasteiger partial charge is 0.507 e. The van der Waals surface area contributed by atoms with E-state index in [0.29, 0.717) is 0 Å². The van der Waals surface area contributed by atoms with Crippen LogP contribution >= 0.6 is 0 Å². The molecule has 10 aromatic rings. The number of hydrogen-bond donors (Lipinski definition) is 1. The summed E-state index contributed by atoms with van der Waals surface area (Å²) in [4.78, 5) is 0. The Labute approximate surface area is 283 Å². The predicted molar refractivity (Wildman–Crippen MR) is 206 cm³/mol. The van der Waals surface area contributed by atoms with E-state index >= 15 is 0 Å². The third-order valence-electron chi connectivity index (χ3n) is 10.3. The molecule has 49 heavy (non-hydrogen) atoms. The van der Waals surface area contributed by atoms with Gasteiger partial charge in [-0.15, -0.1) is 0 Å². The minimum absolute atomic E-state index is 0.261. The number of hydrogen-bond acceptors (Lipinski definition) is 2. The standard InChI is InChI=1S/C47H30O2/c1-28-39(33-18-10-12-24-42(33)48)27-41(47-44(28)38-23-11-13-25-43(38)49-47)46-36-21-8-6-19-34(36)45(35-20-7-9-22-37(35)46)40-26-29-14-2-3-15-30(29)31-16-4-5-17-32(31)40/h2-27,48H,1H3. The zero-order valence-electron chi connectivity index (χ0n) is 26.9. The molecule has 10 rings (SSSR count). The van der Waals surface area contributed by atoms with E-state index in [2.05, 4.69) is 128 Å². The van der Waals surface area contributed by atoms with E-state index in [1.54, 1.807) is 6.07 Å². The number of aryl methyl sites for hydroxylation is 1. The Morgan fingerprint density at radius 1 is 0.408 bits per heavy atom. The van der Waals surface area contributed by atoms with Crippen molar-refractivity contribution < 1.29 is 9.52 Å². The summed E-state index contributed by atoms with van der Waals surface area (Å²) in [6.45, 7) is 2.14. The molecule has 0 bridgehead atoms.